The van der Waals surface area contributed by atoms with Gasteiger partial charge in [0.05, 0.1) is 11.1 Å². The highest BCUT2D eigenvalue weighted by Gasteiger charge is 2.22. The van der Waals surface area contributed by atoms with Gasteiger partial charge >= 0.3 is 0 Å². The van der Waals surface area contributed by atoms with Crippen molar-refractivity contribution in [1.29, 1.82) is 5.26 Å². The van der Waals surface area contributed by atoms with Gasteiger partial charge in [0.1, 0.15) is 24.2 Å². The zero-order valence-corrected chi connectivity index (χ0v) is 18.7. The number of nitrogens with two attached hydrogens (primary N) is 1. The molecule has 0 spiro atoms. The second-order valence-corrected chi connectivity index (χ2v) is 7.97. The normalized spacial score (nSPS) is 13.6. The summed E-state index contributed by atoms with van der Waals surface area (Å²) in [6.45, 7) is 2.69. The highest BCUT2D eigenvalue weighted by atomic mass is 16.5. The van der Waals surface area contributed by atoms with Crippen LogP contribution < -0.4 is 15.4 Å². The molecular formula is C26H25N5O3. The second kappa shape index (κ2) is 10.5. The molecule has 0 aliphatic carbocycles. The fraction of sp³-hybridized carbons (Fsp3) is 0.231. The van der Waals surface area contributed by atoms with Gasteiger partial charge < -0.3 is 20.3 Å². The van der Waals surface area contributed by atoms with Crippen molar-refractivity contribution < 1.29 is 14.3 Å². The maximum absolute atomic E-state index is 13.2. The molecular weight excluding hydrogens is 430 g/mol. The summed E-state index contributed by atoms with van der Waals surface area (Å²) in [4.78, 5) is 33.1. The van der Waals surface area contributed by atoms with Gasteiger partial charge in [-0.05, 0) is 48.4 Å². The quantitative estimate of drug-likeness (QED) is 0.611. The largest absolute Gasteiger partial charge is 0.488 e. The Morgan fingerprint density at radius 3 is 2.71 bits per heavy atom. The van der Waals surface area contributed by atoms with Gasteiger partial charge in [0.2, 0.25) is 0 Å². The van der Waals surface area contributed by atoms with E-state index in [1.165, 1.54) is 0 Å². The predicted octanol–water partition coefficient (Wildman–Crippen LogP) is 2.98. The lowest BCUT2D eigenvalue weighted by Crippen LogP contribution is -2.35. The Morgan fingerprint density at radius 1 is 1.03 bits per heavy atom. The third-order valence-electron chi connectivity index (χ3n) is 5.71. The lowest BCUT2D eigenvalue weighted by Gasteiger charge is -2.23. The molecule has 8 heteroatoms. The van der Waals surface area contributed by atoms with Gasteiger partial charge in [0.15, 0.2) is 0 Å². The molecule has 3 aromatic rings. The molecule has 0 saturated carbocycles. The van der Waals surface area contributed by atoms with Gasteiger partial charge in [-0.3, -0.25) is 9.59 Å². The number of aromatic nitrogens is 1. The molecule has 172 valence electrons. The number of benzene rings is 2. The van der Waals surface area contributed by atoms with Gasteiger partial charge in [0, 0.05) is 37.9 Å². The summed E-state index contributed by atoms with van der Waals surface area (Å²) in [5, 5.41) is 9.38. The van der Waals surface area contributed by atoms with E-state index in [9.17, 15) is 14.9 Å². The minimum Gasteiger partial charge on any atom is -0.488 e. The number of hydrogen-bond acceptors (Lipinski definition) is 6. The number of carbonyl (C=O) groups is 2. The Kier molecular flexibility index (Phi) is 7.04. The van der Waals surface area contributed by atoms with Crippen LogP contribution in [0.4, 0.5) is 5.82 Å². The van der Waals surface area contributed by atoms with Crippen LogP contribution in [-0.4, -0.2) is 47.9 Å². The Morgan fingerprint density at radius 2 is 1.88 bits per heavy atom. The molecule has 0 bridgehead atoms. The molecule has 0 unspecified atom stereocenters. The zero-order chi connectivity index (χ0) is 23.9. The third kappa shape index (κ3) is 5.15. The maximum Gasteiger partial charge on any atom is 0.253 e. The van der Waals surface area contributed by atoms with E-state index in [-0.39, 0.29) is 12.5 Å². The van der Waals surface area contributed by atoms with E-state index in [1.54, 1.807) is 48.7 Å². The number of pyridine rings is 1. The highest BCUT2D eigenvalue weighted by Crippen LogP contribution is 2.21. The Balaban J connectivity index is 1.42. The summed E-state index contributed by atoms with van der Waals surface area (Å²) >= 11 is 0. The molecule has 1 aromatic heterocycles. The number of carbonyl (C=O) groups excluding carboxylic acids is 2. The van der Waals surface area contributed by atoms with Gasteiger partial charge in [-0.25, -0.2) is 4.98 Å². The molecule has 2 amide bonds. The molecule has 1 aliphatic rings. The first-order chi connectivity index (χ1) is 16.6. The van der Waals surface area contributed by atoms with Crippen LogP contribution >= 0.6 is 0 Å². The zero-order valence-electron chi connectivity index (χ0n) is 18.7. The highest BCUT2D eigenvalue weighted by molar-refractivity contribution is 5.95. The van der Waals surface area contributed by atoms with E-state index in [2.05, 4.69) is 16.0 Å². The van der Waals surface area contributed by atoms with Gasteiger partial charge in [-0.15, -0.1) is 0 Å². The number of nitriles is 1. The first kappa shape index (κ1) is 22.8. The summed E-state index contributed by atoms with van der Waals surface area (Å²) in [5.74, 6) is 0.463. The topological polar surface area (TPSA) is 113 Å². The molecule has 34 heavy (non-hydrogen) atoms. The second-order valence-electron chi connectivity index (χ2n) is 7.97. The summed E-state index contributed by atoms with van der Waals surface area (Å²) in [6, 6.07) is 19.8. The van der Waals surface area contributed by atoms with Crippen molar-refractivity contribution in [3.8, 4) is 11.8 Å². The first-order valence-electron chi connectivity index (χ1n) is 11.1. The number of amides is 2. The Bertz CT molecular complexity index is 1240. The molecule has 2 aromatic carbocycles. The first-order valence-corrected chi connectivity index (χ1v) is 11.1. The minimum absolute atomic E-state index is 0.0530. The minimum atomic E-state index is -0.553. The standard InChI is InChI=1S/C26H25N5O3/c27-17-21-8-4-11-29-25(21)30-12-5-13-31(15-14-30)26(33)20-7-3-6-19(16-20)18-34-23-10-2-1-9-22(23)24(28)32/h1-4,6-11,16H,5,12-15,18H2,(H2,28,32). The summed E-state index contributed by atoms with van der Waals surface area (Å²) in [6.07, 6.45) is 2.46. The van der Waals surface area contributed by atoms with Gasteiger partial charge in [-0.2, -0.15) is 5.26 Å². The van der Waals surface area contributed by atoms with Gasteiger partial charge in [0.25, 0.3) is 11.8 Å². The van der Waals surface area contributed by atoms with Crippen LogP contribution in [-0.2, 0) is 6.61 Å². The number of ether oxygens (including phenoxy) is 1. The number of hydrogen-bond donors (Lipinski definition) is 1. The van der Waals surface area contributed by atoms with Crippen molar-refractivity contribution in [2.24, 2.45) is 5.73 Å². The lowest BCUT2D eigenvalue weighted by molar-refractivity contribution is 0.0766. The number of nitrogens with zero attached hydrogens (tertiary/aromatic N) is 4. The molecule has 1 saturated heterocycles. The number of rotatable bonds is 6. The summed E-state index contributed by atoms with van der Waals surface area (Å²) < 4.78 is 5.80. The maximum atomic E-state index is 13.2. The fourth-order valence-electron chi connectivity index (χ4n) is 4.00. The number of anilines is 1. The molecule has 8 nitrogen and oxygen atoms in total. The van der Waals surface area contributed by atoms with Crippen LogP contribution in [0.2, 0.25) is 0 Å². The molecule has 2 N–H and O–H groups in total. The smallest absolute Gasteiger partial charge is 0.253 e. The average Bonchev–Trinajstić information content (AvgIpc) is 3.13. The molecule has 1 fully saturated rings. The average molecular weight is 456 g/mol. The van der Waals surface area contributed by atoms with Crippen molar-refractivity contribution in [1.82, 2.24) is 9.88 Å². The Hall–Kier alpha value is -4.38. The van der Waals surface area contributed by atoms with Crippen molar-refractivity contribution in [3.63, 3.8) is 0 Å². The molecule has 0 atom stereocenters. The molecule has 4 rings (SSSR count). The van der Waals surface area contributed by atoms with E-state index < -0.39 is 5.91 Å². The van der Waals surface area contributed by atoms with Crippen molar-refractivity contribution in [2.75, 3.05) is 31.1 Å². The van der Waals surface area contributed by atoms with E-state index in [4.69, 9.17) is 10.5 Å². The van der Waals surface area contributed by atoms with Crippen molar-refractivity contribution >= 4 is 17.6 Å². The number of primary amides is 1. The van der Waals surface area contributed by atoms with E-state index >= 15 is 0 Å². The molecule has 0 radical (unpaired) electrons. The fourth-order valence-corrected chi connectivity index (χ4v) is 4.00. The van der Waals surface area contributed by atoms with Crippen LogP contribution in [0.1, 0.15) is 38.3 Å². The monoisotopic (exact) mass is 455 g/mol. The van der Waals surface area contributed by atoms with Crippen LogP contribution in [0, 0.1) is 11.3 Å². The third-order valence-corrected chi connectivity index (χ3v) is 5.71. The summed E-state index contributed by atoms with van der Waals surface area (Å²) in [7, 11) is 0. The van der Waals surface area contributed by atoms with Crippen LogP contribution in [0.15, 0.2) is 66.9 Å². The Labute approximate surface area is 198 Å². The van der Waals surface area contributed by atoms with Crippen LogP contribution in [0.5, 0.6) is 5.75 Å². The van der Waals surface area contributed by atoms with Crippen LogP contribution in [0.3, 0.4) is 0 Å². The van der Waals surface area contributed by atoms with E-state index in [0.717, 1.165) is 18.5 Å². The van der Waals surface area contributed by atoms with Crippen molar-refractivity contribution in [3.05, 3.63) is 89.1 Å². The van der Waals surface area contributed by atoms with E-state index in [0.29, 0.717) is 47.9 Å². The van der Waals surface area contributed by atoms with Gasteiger partial charge in [-0.1, -0.05) is 24.3 Å². The predicted molar refractivity (Wildman–Crippen MR) is 127 cm³/mol. The molecule has 2 heterocycles. The summed E-state index contributed by atoms with van der Waals surface area (Å²) in [5.41, 5.74) is 7.66. The van der Waals surface area contributed by atoms with Crippen LogP contribution in [0.25, 0.3) is 0 Å². The van der Waals surface area contributed by atoms with Crippen molar-refractivity contribution in [2.45, 2.75) is 13.0 Å². The lowest BCUT2D eigenvalue weighted by atomic mass is 10.1. The number of para-hydroxylation sites is 1. The SMILES string of the molecule is N#Cc1cccnc1N1CCCN(C(=O)c2cccc(COc3ccccc3C(N)=O)c2)CC1. The molecule has 1 aliphatic heterocycles. The van der Waals surface area contributed by atoms with E-state index in [1.807, 2.05) is 23.1 Å².